The van der Waals surface area contributed by atoms with Crippen LogP contribution in [0.2, 0.25) is 5.02 Å². The largest absolute Gasteiger partial charge is 0.482 e. The van der Waals surface area contributed by atoms with E-state index in [1.165, 1.54) is 42.5 Å². The molecule has 3 nitrogen and oxygen atoms in total. The molecule has 0 heterocycles. The topological polar surface area (TPSA) is 50.1 Å². The summed E-state index contributed by atoms with van der Waals surface area (Å²) < 4.78 is 18.7. The van der Waals surface area contributed by atoms with Gasteiger partial charge in [0.05, 0.1) is 16.7 Å². The van der Waals surface area contributed by atoms with Gasteiger partial charge in [0, 0.05) is 5.56 Å². The van der Waals surface area contributed by atoms with E-state index >= 15 is 0 Å². The molecular weight excluding hydrogens is 281 g/mol. The third-order valence-corrected chi connectivity index (χ3v) is 2.90. The summed E-state index contributed by atoms with van der Waals surface area (Å²) >= 11 is 5.61. The van der Waals surface area contributed by atoms with Gasteiger partial charge in [0.15, 0.2) is 24.0 Å². The Bertz CT molecular complexity index is 677. The summed E-state index contributed by atoms with van der Waals surface area (Å²) in [6, 6.07) is 12.4. The van der Waals surface area contributed by atoms with Crippen LogP contribution in [0.5, 0.6) is 5.75 Å². The second kappa shape index (κ2) is 6.18. The Morgan fingerprint density at radius 3 is 2.60 bits per heavy atom. The molecule has 2 aromatic rings. The van der Waals surface area contributed by atoms with Crippen LogP contribution in [-0.2, 0) is 0 Å². The lowest BCUT2D eigenvalue weighted by atomic mass is 10.1. The third kappa shape index (κ3) is 3.14. The molecule has 0 saturated heterocycles. The van der Waals surface area contributed by atoms with Gasteiger partial charge in [0.1, 0.15) is 0 Å². The van der Waals surface area contributed by atoms with Crippen molar-refractivity contribution in [1.29, 1.82) is 5.26 Å². The summed E-state index contributed by atoms with van der Waals surface area (Å²) in [5.41, 5.74) is 0.856. The summed E-state index contributed by atoms with van der Waals surface area (Å²) in [6.45, 7) is -0.302. The zero-order valence-electron chi connectivity index (χ0n) is 10.3. The number of carbonyl (C=O) groups excluding carboxylic acids is 1. The maximum Gasteiger partial charge on any atom is 0.200 e. The van der Waals surface area contributed by atoms with Gasteiger partial charge in [-0.25, -0.2) is 4.39 Å². The van der Waals surface area contributed by atoms with Crippen LogP contribution in [0.15, 0.2) is 42.5 Å². The van der Waals surface area contributed by atoms with Crippen LogP contribution >= 0.6 is 11.6 Å². The molecule has 0 aliphatic heterocycles. The first-order valence-corrected chi connectivity index (χ1v) is 6.10. The smallest absolute Gasteiger partial charge is 0.200 e. The number of hydrogen-bond donors (Lipinski definition) is 0. The zero-order valence-corrected chi connectivity index (χ0v) is 11.0. The second-order valence-corrected chi connectivity index (χ2v) is 4.36. The number of carbonyl (C=O) groups is 1. The molecule has 0 bridgehead atoms. The number of Topliss-reactive ketones (excluding diaryl/α,β-unsaturated/α-hetero) is 1. The third-order valence-electron chi connectivity index (χ3n) is 2.61. The molecule has 0 unspecified atom stereocenters. The van der Waals surface area contributed by atoms with Crippen molar-refractivity contribution >= 4 is 17.4 Å². The lowest BCUT2D eigenvalue weighted by Crippen LogP contribution is -2.12. The lowest BCUT2D eigenvalue weighted by Gasteiger charge is -2.07. The first kappa shape index (κ1) is 14.0. The van der Waals surface area contributed by atoms with E-state index in [0.29, 0.717) is 11.1 Å². The highest BCUT2D eigenvalue weighted by Crippen LogP contribution is 2.24. The zero-order chi connectivity index (χ0) is 14.5. The van der Waals surface area contributed by atoms with Crippen molar-refractivity contribution in [2.24, 2.45) is 0 Å². The number of nitrogens with zero attached hydrogens (tertiary/aromatic N) is 1. The van der Waals surface area contributed by atoms with Crippen LogP contribution in [0.1, 0.15) is 15.9 Å². The molecule has 0 radical (unpaired) electrons. The van der Waals surface area contributed by atoms with Gasteiger partial charge in [-0.3, -0.25) is 4.79 Å². The van der Waals surface area contributed by atoms with Crippen LogP contribution in [0.4, 0.5) is 4.39 Å². The summed E-state index contributed by atoms with van der Waals surface area (Å²) in [6.07, 6.45) is 0. The van der Waals surface area contributed by atoms with Crippen molar-refractivity contribution in [3.8, 4) is 11.8 Å². The summed E-state index contributed by atoms with van der Waals surface area (Å²) in [7, 11) is 0. The van der Waals surface area contributed by atoms with Gasteiger partial charge >= 0.3 is 0 Å². The Balaban J connectivity index is 2.05. The molecular formula is C15H9ClFNO2. The Labute approximate surface area is 120 Å². The van der Waals surface area contributed by atoms with Gasteiger partial charge in [0.25, 0.3) is 0 Å². The van der Waals surface area contributed by atoms with Crippen molar-refractivity contribution in [3.63, 3.8) is 0 Å². The molecule has 20 heavy (non-hydrogen) atoms. The number of ketones is 1. The Kier molecular flexibility index (Phi) is 4.34. The summed E-state index contributed by atoms with van der Waals surface area (Å²) in [5.74, 6) is -1.07. The van der Waals surface area contributed by atoms with Crippen LogP contribution in [0.25, 0.3) is 0 Å². The minimum absolute atomic E-state index is 0.0617. The standard InChI is InChI=1S/C15H9ClFNO2/c16-12-2-1-3-14(15(12)17)20-9-13(19)11-6-4-10(8-18)5-7-11/h1-7H,9H2. The SMILES string of the molecule is N#Cc1ccc(C(=O)COc2cccc(Cl)c2F)cc1. The predicted octanol–water partition coefficient (Wildman–Crippen LogP) is 3.61. The first-order chi connectivity index (χ1) is 9.61. The molecule has 0 N–H and O–H groups in total. The molecule has 0 amide bonds. The average Bonchev–Trinajstić information content (AvgIpc) is 2.48. The molecule has 0 atom stereocenters. The number of ether oxygens (including phenoxy) is 1. The van der Waals surface area contributed by atoms with Crippen LogP contribution in [-0.4, -0.2) is 12.4 Å². The number of hydrogen-bond acceptors (Lipinski definition) is 3. The van der Waals surface area contributed by atoms with E-state index in [4.69, 9.17) is 21.6 Å². The quantitative estimate of drug-likeness (QED) is 0.808. The Hall–Kier alpha value is -2.38. The van der Waals surface area contributed by atoms with Crippen molar-refractivity contribution in [2.75, 3.05) is 6.61 Å². The van der Waals surface area contributed by atoms with Gasteiger partial charge in [-0.05, 0) is 36.4 Å². The molecule has 0 fully saturated rings. The summed E-state index contributed by atoms with van der Waals surface area (Å²) in [4.78, 5) is 11.9. The van der Waals surface area contributed by atoms with E-state index in [1.807, 2.05) is 6.07 Å². The Morgan fingerprint density at radius 1 is 1.25 bits per heavy atom. The highest BCUT2D eigenvalue weighted by atomic mass is 35.5. The monoisotopic (exact) mass is 289 g/mol. The van der Waals surface area contributed by atoms with Gasteiger partial charge in [-0.1, -0.05) is 17.7 Å². The summed E-state index contributed by atoms with van der Waals surface area (Å²) in [5, 5.41) is 8.60. The predicted molar refractivity (Wildman–Crippen MR) is 72.4 cm³/mol. The lowest BCUT2D eigenvalue weighted by molar-refractivity contribution is 0.0919. The highest BCUT2D eigenvalue weighted by Gasteiger charge is 2.11. The van der Waals surface area contributed by atoms with Gasteiger partial charge in [0.2, 0.25) is 0 Å². The number of rotatable bonds is 4. The molecule has 0 spiro atoms. The van der Waals surface area contributed by atoms with E-state index in [1.54, 1.807) is 0 Å². The normalized spacial score (nSPS) is 9.85. The van der Waals surface area contributed by atoms with E-state index in [2.05, 4.69) is 0 Å². The van der Waals surface area contributed by atoms with E-state index in [9.17, 15) is 9.18 Å². The molecule has 100 valence electrons. The molecule has 2 aromatic carbocycles. The van der Waals surface area contributed by atoms with Crippen molar-refractivity contribution in [1.82, 2.24) is 0 Å². The van der Waals surface area contributed by atoms with Gasteiger partial charge < -0.3 is 4.74 Å². The minimum atomic E-state index is -0.693. The van der Waals surface area contributed by atoms with Gasteiger partial charge in [-0.2, -0.15) is 5.26 Å². The van der Waals surface area contributed by atoms with E-state index in [0.717, 1.165) is 0 Å². The number of halogens is 2. The maximum absolute atomic E-state index is 13.5. The fourth-order valence-electron chi connectivity index (χ4n) is 1.55. The number of nitriles is 1. The van der Waals surface area contributed by atoms with Crippen LogP contribution in [0.3, 0.4) is 0 Å². The molecule has 5 heteroatoms. The van der Waals surface area contributed by atoms with Crippen LogP contribution in [0, 0.1) is 17.1 Å². The van der Waals surface area contributed by atoms with Crippen LogP contribution < -0.4 is 4.74 Å². The van der Waals surface area contributed by atoms with E-state index in [-0.39, 0.29) is 23.2 Å². The van der Waals surface area contributed by atoms with Crippen molar-refractivity contribution in [2.45, 2.75) is 0 Å². The number of benzene rings is 2. The fourth-order valence-corrected chi connectivity index (χ4v) is 1.72. The molecule has 0 aliphatic rings. The Morgan fingerprint density at radius 2 is 1.95 bits per heavy atom. The van der Waals surface area contributed by atoms with Gasteiger partial charge in [-0.15, -0.1) is 0 Å². The molecule has 0 aromatic heterocycles. The van der Waals surface area contributed by atoms with Crippen molar-refractivity contribution < 1.29 is 13.9 Å². The fraction of sp³-hybridized carbons (Fsp3) is 0.0667. The first-order valence-electron chi connectivity index (χ1n) is 5.72. The minimum Gasteiger partial charge on any atom is -0.482 e. The second-order valence-electron chi connectivity index (χ2n) is 3.95. The van der Waals surface area contributed by atoms with Crippen molar-refractivity contribution in [3.05, 3.63) is 64.4 Å². The molecule has 0 saturated carbocycles. The average molecular weight is 290 g/mol. The maximum atomic E-state index is 13.5. The van der Waals surface area contributed by atoms with E-state index < -0.39 is 5.82 Å². The highest BCUT2D eigenvalue weighted by molar-refractivity contribution is 6.30. The molecule has 2 rings (SSSR count). The molecule has 0 aliphatic carbocycles.